The largest absolute Gasteiger partial charge is 0.478 e. The number of benzene rings is 1. The second-order valence-corrected chi connectivity index (χ2v) is 6.27. The smallest absolute Gasteiger partial charge is 0.339 e. The van der Waals surface area contributed by atoms with E-state index < -0.39 is 5.97 Å². The Labute approximate surface area is 140 Å². The highest BCUT2D eigenvalue weighted by Crippen LogP contribution is 2.34. The molecule has 0 spiro atoms. The lowest BCUT2D eigenvalue weighted by Gasteiger charge is -2.31. The number of carboxylic acid groups (broad SMARTS) is 1. The monoisotopic (exact) mass is 327 g/mol. The highest BCUT2D eigenvalue weighted by Gasteiger charge is 2.29. The Morgan fingerprint density at radius 2 is 2.08 bits per heavy atom. The maximum atomic E-state index is 12.6. The van der Waals surface area contributed by atoms with Crippen molar-refractivity contribution in [2.75, 3.05) is 0 Å². The molecule has 1 aliphatic rings. The van der Waals surface area contributed by atoms with Gasteiger partial charge in [0, 0.05) is 12.5 Å². The number of nitrogens with one attached hydrogen (secondary N) is 1. The van der Waals surface area contributed by atoms with Gasteiger partial charge in [-0.05, 0) is 29.9 Å². The van der Waals surface area contributed by atoms with E-state index >= 15 is 0 Å². The molecule has 1 amide bonds. The van der Waals surface area contributed by atoms with Crippen LogP contribution in [0.1, 0.15) is 64.1 Å². The Bertz CT molecular complexity index is 777. The van der Waals surface area contributed by atoms with Crippen LogP contribution in [0, 0.1) is 5.92 Å². The van der Waals surface area contributed by atoms with Gasteiger partial charge in [0.15, 0.2) is 5.76 Å². The fraction of sp³-hybridized carbons (Fsp3) is 0.368. The quantitative estimate of drug-likeness (QED) is 0.899. The summed E-state index contributed by atoms with van der Waals surface area (Å²) in [6.07, 6.45) is 2.44. The maximum Gasteiger partial charge on any atom is 0.339 e. The Morgan fingerprint density at radius 1 is 1.33 bits per heavy atom. The van der Waals surface area contributed by atoms with Crippen molar-refractivity contribution < 1.29 is 19.1 Å². The second kappa shape index (κ2) is 6.51. The van der Waals surface area contributed by atoms with Crippen LogP contribution in [0.4, 0.5) is 0 Å². The summed E-state index contributed by atoms with van der Waals surface area (Å²) in [6, 6.07) is 9.33. The normalized spacial score (nSPS) is 19.6. The summed E-state index contributed by atoms with van der Waals surface area (Å²) in [6.45, 7) is 3.91. The first-order valence-corrected chi connectivity index (χ1v) is 8.26. The molecule has 0 saturated heterocycles. The van der Waals surface area contributed by atoms with E-state index in [1.165, 1.54) is 11.6 Å². The zero-order valence-electron chi connectivity index (χ0n) is 13.8. The molecule has 0 saturated carbocycles. The van der Waals surface area contributed by atoms with Gasteiger partial charge in [-0.15, -0.1) is 0 Å². The van der Waals surface area contributed by atoms with Gasteiger partial charge in [-0.1, -0.05) is 38.1 Å². The number of carboxylic acids is 1. The third-order valence-corrected chi connectivity index (χ3v) is 4.70. The standard InChI is InChI=1S/C19H21NO4/c1-3-15-14(19(22)23)10-16(24-15)18(21)20-17-11(2)8-9-12-6-4-5-7-13(12)17/h4-7,10-11,17H,3,8-9H2,1-2H3,(H,20,21)(H,22,23). The predicted molar refractivity (Wildman–Crippen MR) is 89.2 cm³/mol. The first kappa shape index (κ1) is 16.3. The highest BCUT2D eigenvalue weighted by molar-refractivity contribution is 5.96. The van der Waals surface area contributed by atoms with Gasteiger partial charge in [0.25, 0.3) is 5.91 Å². The van der Waals surface area contributed by atoms with Crippen LogP contribution in [-0.4, -0.2) is 17.0 Å². The van der Waals surface area contributed by atoms with Gasteiger partial charge < -0.3 is 14.8 Å². The van der Waals surface area contributed by atoms with Crippen LogP contribution in [-0.2, 0) is 12.8 Å². The van der Waals surface area contributed by atoms with Crippen LogP contribution in [0.15, 0.2) is 34.7 Å². The fourth-order valence-electron chi connectivity index (χ4n) is 3.34. The number of hydrogen-bond donors (Lipinski definition) is 2. The van der Waals surface area contributed by atoms with E-state index in [0.717, 1.165) is 18.4 Å². The van der Waals surface area contributed by atoms with Crippen molar-refractivity contribution in [2.45, 2.75) is 39.2 Å². The van der Waals surface area contributed by atoms with Crippen molar-refractivity contribution >= 4 is 11.9 Å². The van der Waals surface area contributed by atoms with Gasteiger partial charge in [-0.2, -0.15) is 0 Å². The molecule has 2 atom stereocenters. The molecule has 2 unspecified atom stereocenters. The van der Waals surface area contributed by atoms with Crippen molar-refractivity contribution in [1.29, 1.82) is 0 Å². The topological polar surface area (TPSA) is 79.5 Å². The van der Waals surface area contributed by atoms with Crippen molar-refractivity contribution in [1.82, 2.24) is 5.32 Å². The van der Waals surface area contributed by atoms with Gasteiger partial charge in [0.05, 0.1) is 6.04 Å². The summed E-state index contributed by atoms with van der Waals surface area (Å²) in [5, 5.41) is 12.2. The van der Waals surface area contributed by atoms with Crippen molar-refractivity contribution in [2.24, 2.45) is 5.92 Å². The lowest BCUT2D eigenvalue weighted by molar-refractivity contribution is 0.0694. The molecule has 0 radical (unpaired) electrons. The van der Waals surface area contributed by atoms with Gasteiger partial charge in [0.2, 0.25) is 0 Å². The fourth-order valence-corrected chi connectivity index (χ4v) is 3.34. The molecule has 0 bridgehead atoms. The molecule has 0 aliphatic heterocycles. The van der Waals surface area contributed by atoms with Crippen LogP contribution >= 0.6 is 0 Å². The first-order valence-electron chi connectivity index (χ1n) is 8.26. The Morgan fingerprint density at radius 3 is 2.75 bits per heavy atom. The summed E-state index contributed by atoms with van der Waals surface area (Å²) >= 11 is 0. The van der Waals surface area contributed by atoms with Crippen molar-refractivity contribution in [3.8, 4) is 0 Å². The lowest BCUT2D eigenvalue weighted by Crippen LogP contribution is -2.35. The van der Waals surface area contributed by atoms with Crippen molar-refractivity contribution in [3.05, 3.63) is 58.5 Å². The Hall–Kier alpha value is -2.56. The maximum absolute atomic E-state index is 12.6. The summed E-state index contributed by atoms with van der Waals surface area (Å²) in [5.41, 5.74) is 2.44. The van der Waals surface area contributed by atoms with Crippen LogP contribution < -0.4 is 5.32 Å². The van der Waals surface area contributed by atoms with Crippen LogP contribution in [0.2, 0.25) is 0 Å². The molecule has 1 aromatic heterocycles. The number of furan rings is 1. The number of amides is 1. The van der Waals surface area contributed by atoms with E-state index in [0.29, 0.717) is 18.1 Å². The van der Waals surface area contributed by atoms with Crippen LogP contribution in [0.3, 0.4) is 0 Å². The highest BCUT2D eigenvalue weighted by atomic mass is 16.4. The van der Waals surface area contributed by atoms with E-state index in [1.54, 1.807) is 6.92 Å². The van der Waals surface area contributed by atoms with Crippen LogP contribution in [0.25, 0.3) is 0 Å². The van der Waals surface area contributed by atoms with E-state index in [4.69, 9.17) is 4.42 Å². The molecule has 1 aromatic carbocycles. The minimum atomic E-state index is -1.08. The number of fused-ring (bicyclic) bond motifs is 1. The van der Waals surface area contributed by atoms with Crippen LogP contribution in [0.5, 0.6) is 0 Å². The average molecular weight is 327 g/mol. The SMILES string of the molecule is CCc1oc(C(=O)NC2c3ccccc3CCC2C)cc1C(=O)O. The van der Waals surface area contributed by atoms with E-state index in [-0.39, 0.29) is 23.3 Å². The molecule has 3 rings (SSSR count). The molecule has 0 fully saturated rings. The molecule has 2 N–H and O–H groups in total. The van der Waals surface area contributed by atoms with Gasteiger partial charge >= 0.3 is 5.97 Å². The molecular formula is C19H21NO4. The molecule has 24 heavy (non-hydrogen) atoms. The van der Waals surface area contributed by atoms with E-state index in [9.17, 15) is 14.7 Å². The predicted octanol–water partition coefficient (Wildman–Crippen LogP) is 3.59. The zero-order valence-corrected chi connectivity index (χ0v) is 13.8. The third kappa shape index (κ3) is 2.94. The molecule has 1 heterocycles. The summed E-state index contributed by atoms with van der Waals surface area (Å²) in [7, 11) is 0. The average Bonchev–Trinajstić information content (AvgIpc) is 3.02. The van der Waals surface area contributed by atoms with Crippen molar-refractivity contribution in [3.63, 3.8) is 0 Å². The van der Waals surface area contributed by atoms with E-state index in [1.807, 2.05) is 18.2 Å². The Kier molecular flexibility index (Phi) is 4.42. The molecule has 2 aromatic rings. The number of rotatable bonds is 4. The molecule has 126 valence electrons. The van der Waals surface area contributed by atoms with Gasteiger partial charge in [-0.3, -0.25) is 4.79 Å². The van der Waals surface area contributed by atoms with Gasteiger partial charge in [0.1, 0.15) is 11.3 Å². The third-order valence-electron chi connectivity index (χ3n) is 4.70. The number of hydrogen-bond acceptors (Lipinski definition) is 3. The first-order chi connectivity index (χ1) is 11.5. The molecule has 1 aliphatic carbocycles. The zero-order chi connectivity index (χ0) is 17.3. The molecule has 5 heteroatoms. The summed E-state index contributed by atoms with van der Waals surface area (Å²) < 4.78 is 5.46. The minimum absolute atomic E-state index is 0.0551. The number of aromatic carboxylic acids is 1. The number of aryl methyl sites for hydroxylation is 2. The number of carbonyl (C=O) groups excluding carboxylic acids is 1. The number of carbonyl (C=O) groups is 2. The molecular weight excluding hydrogens is 306 g/mol. The van der Waals surface area contributed by atoms with E-state index in [2.05, 4.69) is 18.3 Å². The lowest BCUT2D eigenvalue weighted by atomic mass is 9.80. The summed E-state index contributed by atoms with van der Waals surface area (Å²) in [4.78, 5) is 23.8. The summed E-state index contributed by atoms with van der Waals surface area (Å²) in [5.74, 6) is -0.760. The Balaban J connectivity index is 1.86. The second-order valence-electron chi connectivity index (χ2n) is 6.27. The molecule has 5 nitrogen and oxygen atoms in total. The minimum Gasteiger partial charge on any atom is -0.478 e. The van der Waals surface area contributed by atoms with Gasteiger partial charge in [-0.25, -0.2) is 4.79 Å².